The maximum Gasteiger partial charge on any atom is 0.269 e. The maximum absolute atomic E-state index is 12.1. The van der Waals surface area contributed by atoms with Gasteiger partial charge in [0.05, 0.1) is 4.92 Å². The predicted octanol–water partition coefficient (Wildman–Crippen LogP) is 1.58. The number of carbonyl (C=O) groups is 1. The minimum atomic E-state index is -0.478. The first-order valence-corrected chi connectivity index (χ1v) is 5.87. The van der Waals surface area contributed by atoms with Gasteiger partial charge in [0.25, 0.3) is 11.6 Å². The molecule has 7 heteroatoms. The molecule has 1 aliphatic heterocycles. The number of benzene rings is 1. The summed E-state index contributed by atoms with van der Waals surface area (Å²) in [6.07, 6.45) is 1.61. The second kappa shape index (κ2) is 6.49. The molecule has 0 aliphatic carbocycles. The Labute approximate surface area is 117 Å². The predicted molar refractivity (Wildman–Crippen MR) is 73.5 cm³/mol. The zero-order valence-electron chi connectivity index (χ0n) is 10.3. The van der Waals surface area contributed by atoms with E-state index in [-0.39, 0.29) is 30.0 Å². The fourth-order valence-electron chi connectivity index (χ4n) is 2.01. The smallest absolute Gasteiger partial charge is 0.269 e. The lowest BCUT2D eigenvalue weighted by Crippen LogP contribution is -2.42. The van der Waals surface area contributed by atoms with E-state index in [2.05, 4.69) is 0 Å². The van der Waals surface area contributed by atoms with Gasteiger partial charge in [-0.1, -0.05) is 0 Å². The Morgan fingerprint density at radius 3 is 2.26 bits per heavy atom. The Morgan fingerprint density at radius 1 is 1.26 bits per heavy atom. The van der Waals surface area contributed by atoms with Crippen LogP contribution in [-0.4, -0.2) is 34.9 Å². The monoisotopic (exact) mass is 285 g/mol. The Morgan fingerprint density at radius 2 is 1.79 bits per heavy atom. The van der Waals surface area contributed by atoms with Crippen LogP contribution in [0.2, 0.25) is 0 Å². The van der Waals surface area contributed by atoms with Crippen molar-refractivity contribution in [2.45, 2.75) is 18.9 Å². The molecule has 1 saturated heterocycles. The number of nitrogens with zero attached hydrogens (tertiary/aromatic N) is 2. The third-order valence-corrected chi connectivity index (χ3v) is 3.15. The Kier molecular flexibility index (Phi) is 5.26. The third kappa shape index (κ3) is 3.65. The van der Waals surface area contributed by atoms with Gasteiger partial charge in [-0.2, -0.15) is 0 Å². The van der Waals surface area contributed by atoms with Gasteiger partial charge in [-0.05, 0) is 25.0 Å². The molecule has 0 saturated carbocycles. The molecule has 0 atom stereocenters. The first kappa shape index (κ1) is 15.4. The van der Waals surface area contributed by atoms with E-state index in [0.29, 0.717) is 18.7 Å². The van der Waals surface area contributed by atoms with Gasteiger partial charge in [0.1, 0.15) is 0 Å². The molecule has 0 unspecified atom stereocenters. The van der Waals surface area contributed by atoms with E-state index >= 15 is 0 Å². The van der Waals surface area contributed by atoms with E-state index < -0.39 is 4.92 Å². The Balaban J connectivity index is 0.00000180. The van der Waals surface area contributed by atoms with Crippen LogP contribution in [0.15, 0.2) is 24.3 Å². The van der Waals surface area contributed by atoms with Crippen LogP contribution in [0.25, 0.3) is 0 Å². The Hall–Kier alpha value is -1.66. The van der Waals surface area contributed by atoms with Gasteiger partial charge in [0, 0.05) is 36.8 Å². The molecule has 1 aliphatic rings. The van der Waals surface area contributed by atoms with Crippen LogP contribution in [0.1, 0.15) is 23.2 Å². The molecule has 2 rings (SSSR count). The second-order valence-corrected chi connectivity index (χ2v) is 4.43. The lowest BCUT2D eigenvalue weighted by molar-refractivity contribution is -0.384. The summed E-state index contributed by atoms with van der Waals surface area (Å²) in [6, 6.07) is 5.86. The van der Waals surface area contributed by atoms with Crippen molar-refractivity contribution >= 4 is 24.0 Å². The minimum Gasteiger partial charge on any atom is -0.339 e. The van der Waals surface area contributed by atoms with E-state index in [4.69, 9.17) is 5.73 Å². The topological polar surface area (TPSA) is 89.5 Å². The number of nitrogens with two attached hydrogens (primary N) is 1. The molecule has 1 fully saturated rings. The molecule has 0 spiro atoms. The minimum absolute atomic E-state index is 0. The van der Waals surface area contributed by atoms with Gasteiger partial charge < -0.3 is 10.6 Å². The highest BCUT2D eigenvalue weighted by molar-refractivity contribution is 5.94. The number of hydrogen-bond donors (Lipinski definition) is 1. The average Bonchev–Trinajstić information content (AvgIpc) is 2.39. The van der Waals surface area contributed by atoms with E-state index in [0.717, 1.165) is 12.8 Å². The second-order valence-electron chi connectivity index (χ2n) is 4.43. The lowest BCUT2D eigenvalue weighted by Gasteiger charge is -2.30. The number of rotatable bonds is 2. The summed E-state index contributed by atoms with van der Waals surface area (Å²) in [4.78, 5) is 23.9. The SMILES string of the molecule is Cl.NC1CCN(C(=O)c2ccc([N+](=O)[O-])cc2)CC1. The fourth-order valence-corrected chi connectivity index (χ4v) is 2.01. The van der Waals surface area contributed by atoms with Crippen molar-refractivity contribution in [3.8, 4) is 0 Å². The number of hydrogen-bond acceptors (Lipinski definition) is 4. The summed E-state index contributed by atoms with van der Waals surface area (Å²) >= 11 is 0. The summed E-state index contributed by atoms with van der Waals surface area (Å²) < 4.78 is 0. The summed E-state index contributed by atoms with van der Waals surface area (Å²) in [5.74, 6) is -0.0863. The van der Waals surface area contributed by atoms with Crippen LogP contribution in [0.3, 0.4) is 0 Å². The molecule has 1 amide bonds. The van der Waals surface area contributed by atoms with Gasteiger partial charge in [-0.3, -0.25) is 14.9 Å². The molecule has 2 N–H and O–H groups in total. The summed E-state index contributed by atoms with van der Waals surface area (Å²) in [6.45, 7) is 1.30. The van der Waals surface area contributed by atoms with Gasteiger partial charge in [0.2, 0.25) is 0 Å². The van der Waals surface area contributed by atoms with Crippen molar-refractivity contribution in [1.82, 2.24) is 4.90 Å². The standard InChI is InChI=1S/C12H15N3O3.ClH/c13-10-5-7-14(8-6-10)12(16)9-1-3-11(4-2-9)15(17)18;/h1-4,10H,5-8,13H2;1H. The Bertz CT molecular complexity index is 456. The van der Waals surface area contributed by atoms with E-state index in [1.807, 2.05) is 0 Å². The molecule has 104 valence electrons. The average molecular weight is 286 g/mol. The van der Waals surface area contributed by atoms with Gasteiger partial charge >= 0.3 is 0 Å². The molecule has 1 aromatic carbocycles. The van der Waals surface area contributed by atoms with Crippen LogP contribution in [0, 0.1) is 10.1 Å². The molecular formula is C12H16ClN3O3. The number of likely N-dealkylation sites (tertiary alicyclic amines) is 1. The van der Waals surface area contributed by atoms with Gasteiger partial charge in [0.15, 0.2) is 0 Å². The molecule has 6 nitrogen and oxygen atoms in total. The highest BCUT2D eigenvalue weighted by atomic mass is 35.5. The highest BCUT2D eigenvalue weighted by Crippen LogP contribution is 2.16. The number of nitro groups is 1. The molecule has 0 radical (unpaired) electrons. The molecule has 0 bridgehead atoms. The lowest BCUT2D eigenvalue weighted by atomic mass is 10.0. The number of nitro benzene ring substituents is 1. The highest BCUT2D eigenvalue weighted by Gasteiger charge is 2.21. The van der Waals surface area contributed by atoms with Crippen LogP contribution in [0.4, 0.5) is 5.69 Å². The summed E-state index contributed by atoms with van der Waals surface area (Å²) in [5.41, 5.74) is 6.25. The summed E-state index contributed by atoms with van der Waals surface area (Å²) in [7, 11) is 0. The molecular weight excluding hydrogens is 270 g/mol. The van der Waals surface area contributed by atoms with Crippen LogP contribution in [0.5, 0.6) is 0 Å². The maximum atomic E-state index is 12.1. The number of piperidine rings is 1. The van der Waals surface area contributed by atoms with E-state index in [1.165, 1.54) is 24.3 Å². The molecule has 1 heterocycles. The van der Waals surface area contributed by atoms with Crippen molar-refractivity contribution in [2.24, 2.45) is 5.73 Å². The number of amides is 1. The zero-order valence-corrected chi connectivity index (χ0v) is 11.1. The first-order chi connectivity index (χ1) is 8.58. The van der Waals surface area contributed by atoms with E-state index in [9.17, 15) is 14.9 Å². The fraction of sp³-hybridized carbons (Fsp3) is 0.417. The third-order valence-electron chi connectivity index (χ3n) is 3.15. The van der Waals surface area contributed by atoms with Crippen LogP contribution in [-0.2, 0) is 0 Å². The summed E-state index contributed by atoms with van der Waals surface area (Å²) in [5, 5.41) is 10.5. The zero-order chi connectivity index (χ0) is 13.1. The first-order valence-electron chi connectivity index (χ1n) is 5.87. The van der Waals surface area contributed by atoms with Crippen molar-refractivity contribution in [3.05, 3.63) is 39.9 Å². The van der Waals surface area contributed by atoms with Gasteiger partial charge in [-0.15, -0.1) is 12.4 Å². The largest absolute Gasteiger partial charge is 0.339 e. The normalized spacial score (nSPS) is 15.7. The molecule has 1 aromatic rings. The van der Waals surface area contributed by atoms with Crippen molar-refractivity contribution in [1.29, 1.82) is 0 Å². The number of non-ortho nitro benzene ring substituents is 1. The van der Waals surface area contributed by atoms with Crippen LogP contribution < -0.4 is 5.73 Å². The van der Waals surface area contributed by atoms with Crippen molar-refractivity contribution < 1.29 is 9.72 Å². The molecule has 0 aromatic heterocycles. The number of halogens is 1. The molecule has 19 heavy (non-hydrogen) atoms. The van der Waals surface area contributed by atoms with Crippen molar-refractivity contribution in [3.63, 3.8) is 0 Å². The van der Waals surface area contributed by atoms with E-state index in [1.54, 1.807) is 4.90 Å². The number of carbonyl (C=O) groups excluding carboxylic acids is 1. The van der Waals surface area contributed by atoms with Crippen LogP contribution >= 0.6 is 12.4 Å². The van der Waals surface area contributed by atoms with Gasteiger partial charge in [-0.25, -0.2) is 0 Å². The quantitative estimate of drug-likeness (QED) is 0.660. The van der Waals surface area contributed by atoms with Crippen molar-refractivity contribution in [2.75, 3.05) is 13.1 Å².